The zero-order chi connectivity index (χ0) is 11.8. The number of aromatic hydroxyl groups is 1. The highest BCUT2D eigenvalue weighted by Gasteiger charge is 2.03. The molecule has 0 amide bonds. The largest absolute Gasteiger partial charge is 0.506 e. The summed E-state index contributed by atoms with van der Waals surface area (Å²) in [4.78, 5) is 0. The molecule has 0 radical (unpaired) electrons. The predicted octanol–water partition coefficient (Wildman–Crippen LogP) is 2.79. The molecule has 0 spiro atoms. The fourth-order valence-corrected chi connectivity index (χ4v) is 1.70. The van der Waals surface area contributed by atoms with Crippen molar-refractivity contribution < 1.29 is 9.84 Å². The highest BCUT2D eigenvalue weighted by Crippen LogP contribution is 2.26. The molecule has 1 rings (SSSR count). The monoisotopic (exact) mass is 285 g/mol. The maximum atomic E-state index is 9.71. The van der Waals surface area contributed by atoms with E-state index >= 15 is 0 Å². The van der Waals surface area contributed by atoms with Crippen LogP contribution in [-0.2, 0) is 11.3 Å². The Morgan fingerprint density at radius 1 is 1.50 bits per heavy atom. The summed E-state index contributed by atoms with van der Waals surface area (Å²) in [5.74, 6) is 0.303. The van der Waals surface area contributed by atoms with Crippen LogP contribution in [0.15, 0.2) is 35.5 Å². The van der Waals surface area contributed by atoms with E-state index in [1.807, 2.05) is 18.2 Å². The third-order valence-electron chi connectivity index (χ3n) is 2.12. The quantitative estimate of drug-likeness (QED) is 0.598. The number of hydrogen-bond donors (Lipinski definition) is 2. The molecule has 0 saturated carbocycles. The van der Waals surface area contributed by atoms with Gasteiger partial charge in [-0.05, 0) is 35.0 Å². The van der Waals surface area contributed by atoms with Crippen LogP contribution in [0.2, 0.25) is 0 Å². The number of hydrogen-bond acceptors (Lipinski definition) is 3. The molecule has 16 heavy (non-hydrogen) atoms. The van der Waals surface area contributed by atoms with Crippen LogP contribution < -0.4 is 5.32 Å². The minimum Gasteiger partial charge on any atom is -0.506 e. The van der Waals surface area contributed by atoms with Crippen molar-refractivity contribution in [1.82, 2.24) is 5.32 Å². The van der Waals surface area contributed by atoms with Crippen molar-refractivity contribution in [1.29, 1.82) is 0 Å². The van der Waals surface area contributed by atoms with Crippen LogP contribution in [0.25, 0.3) is 0 Å². The molecular formula is C12H16BrNO2. The standard InChI is InChI=1S/C12H16BrNO2/c1-2-16-8-4-7-14-9-10-5-3-6-11(13)12(10)15/h2-3,5-6,14-15H,1,4,7-9H2. The highest BCUT2D eigenvalue weighted by atomic mass is 79.9. The Bertz CT molecular complexity index is 342. The Morgan fingerprint density at radius 3 is 3.06 bits per heavy atom. The number of ether oxygens (including phenoxy) is 1. The second-order valence-corrected chi connectivity index (χ2v) is 4.17. The molecule has 88 valence electrons. The summed E-state index contributed by atoms with van der Waals surface area (Å²) < 4.78 is 5.72. The third kappa shape index (κ3) is 4.24. The van der Waals surface area contributed by atoms with Crippen LogP contribution in [-0.4, -0.2) is 18.3 Å². The molecule has 4 heteroatoms. The van der Waals surface area contributed by atoms with Crippen LogP contribution in [0.4, 0.5) is 0 Å². The van der Waals surface area contributed by atoms with Gasteiger partial charge in [0.15, 0.2) is 0 Å². The number of halogens is 1. The molecule has 0 aliphatic carbocycles. The molecule has 0 fully saturated rings. The van der Waals surface area contributed by atoms with Gasteiger partial charge in [0.05, 0.1) is 17.3 Å². The van der Waals surface area contributed by atoms with Gasteiger partial charge in [0, 0.05) is 12.1 Å². The number of benzene rings is 1. The van der Waals surface area contributed by atoms with Crippen molar-refractivity contribution in [2.45, 2.75) is 13.0 Å². The Labute approximate surface area is 104 Å². The third-order valence-corrected chi connectivity index (χ3v) is 2.76. The minimum atomic E-state index is 0.303. The van der Waals surface area contributed by atoms with Crippen LogP contribution >= 0.6 is 15.9 Å². The van der Waals surface area contributed by atoms with E-state index in [1.165, 1.54) is 6.26 Å². The normalized spacial score (nSPS) is 10.1. The molecule has 0 unspecified atom stereocenters. The van der Waals surface area contributed by atoms with E-state index in [4.69, 9.17) is 4.74 Å². The van der Waals surface area contributed by atoms with Gasteiger partial charge in [0.2, 0.25) is 0 Å². The molecule has 1 aromatic rings. The maximum absolute atomic E-state index is 9.71. The lowest BCUT2D eigenvalue weighted by molar-refractivity contribution is 0.244. The first kappa shape index (κ1) is 13.1. The van der Waals surface area contributed by atoms with Gasteiger partial charge in [-0.1, -0.05) is 18.7 Å². The van der Waals surface area contributed by atoms with E-state index in [0.717, 1.165) is 23.0 Å². The summed E-state index contributed by atoms with van der Waals surface area (Å²) in [6.45, 7) is 5.63. The summed E-state index contributed by atoms with van der Waals surface area (Å²) in [6, 6.07) is 5.62. The number of para-hydroxylation sites is 1. The molecule has 0 bridgehead atoms. The minimum absolute atomic E-state index is 0.303. The Balaban J connectivity index is 2.26. The molecule has 2 N–H and O–H groups in total. The van der Waals surface area contributed by atoms with Gasteiger partial charge < -0.3 is 15.2 Å². The van der Waals surface area contributed by atoms with E-state index in [9.17, 15) is 5.11 Å². The summed E-state index contributed by atoms with van der Waals surface area (Å²) in [6.07, 6.45) is 2.36. The highest BCUT2D eigenvalue weighted by molar-refractivity contribution is 9.10. The fraction of sp³-hybridized carbons (Fsp3) is 0.333. The first-order valence-electron chi connectivity index (χ1n) is 5.15. The van der Waals surface area contributed by atoms with Crippen molar-refractivity contribution in [2.24, 2.45) is 0 Å². The zero-order valence-electron chi connectivity index (χ0n) is 9.08. The first-order valence-corrected chi connectivity index (χ1v) is 5.94. The second kappa shape index (κ2) is 7.30. The summed E-state index contributed by atoms with van der Waals surface area (Å²) in [5, 5.41) is 12.9. The average Bonchev–Trinajstić information content (AvgIpc) is 2.29. The van der Waals surface area contributed by atoms with Gasteiger partial charge in [0.1, 0.15) is 5.75 Å². The number of nitrogens with one attached hydrogen (secondary N) is 1. The average molecular weight is 286 g/mol. The van der Waals surface area contributed by atoms with Gasteiger partial charge >= 0.3 is 0 Å². The van der Waals surface area contributed by atoms with E-state index in [-0.39, 0.29) is 0 Å². The molecule has 0 aliphatic rings. The van der Waals surface area contributed by atoms with Crippen LogP contribution in [0.1, 0.15) is 12.0 Å². The Hall–Kier alpha value is -1.00. The summed E-state index contributed by atoms with van der Waals surface area (Å²) in [5.41, 5.74) is 0.888. The van der Waals surface area contributed by atoms with Gasteiger partial charge in [-0.25, -0.2) is 0 Å². The van der Waals surface area contributed by atoms with E-state index < -0.39 is 0 Å². The SMILES string of the molecule is C=COCCCNCc1cccc(Br)c1O. The van der Waals surface area contributed by atoms with Crippen molar-refractivity contribution in [3.05, 3.63) is 41.1 Å². The number of phenols is 1. The van der Waals surface area contributed by atoms with Gasteiger partial charge in [-0.3, -0.25) is 0 Å². The maximum Gasteiger partial charge on any atom is 0.134 e. The van der Waals surface area contributed by atoms with Gasteiger partial charge in [0.25, 0.3) is 0 Å². The molecular weight excluding hydrogens is 270 g/mol. The van der Waals surface area contributed by atoms with Crippen LogP contribution in [0.5, 0.6) is 5.75 Å². The molecule has 3 nitrogen and oxygen atoms in total. The van der Waals surface area contributed by atoms with Crippen LogP contribution in [0.3, 0.4) is 0 Å². The molecule has 0 aromatic heterocycles. The predicted molar refractivity (Wildman–Crippen MR) is 68.3 cm³/mol. The topological polar surface area (TPSA) is 41.5 Å². The number of phenolic OH excluding ortho intramolecular Hbond substituents is 1. The first-order chi connectivity index (χ1) is 7.75. The smallest absolute Gasteiger partial charge is 0.134 e. The molecule has 0 heterocycles. The molecule has 0 aliphatic heterocycles. The van der Waals surface area contributed by atoms with Crippen molar-refractivity contribution in [2.75, 3.05) is 13.2 Å². The van der Waals surface area contributed by atoms with Crippen molar-refractivity contribution in [3.8, 4) is 5.75 Å². The summed E-state index contributed by atoms with van der Waals surface area (Å²) >= 11 is 3.28. The lowest BCUT2D eigenvalue weighted by Gasteiger charge is -2.07. The van der Waals surface area contributed by atoms with Gasteiger partial charge in [-0.2, -0.15) is 0 Å². The zero-order valence-corrected chi connectivity index (χ0v) is 10.7. The lowest BCUT2D eigenvalue weighted by atomic mass is 10.2. The van der Waals surface area contributed by atoms with Crippen molar-refractivity contribution in [3.63, 3.8) is 0 Å². The van der Waals surface area contributed by atoms with Gasteiger partial charge in [-0.15, -0.1) is 0 Å². The Morgan fingerprint density at radius 2 is 2.31 bits per heavy atom. The van der Waals surface area contributed by atoms with Crippen molar-refractivity contribution >= 4 is 15.9 Å². The van der Waals surface area contributed by atoms with Crippen LogP contribution in [0, 0.1) is 0 Å². The van der Waals surface area contributed by atoms with E-state index in [2.05, 4.69) is 27.8 Å². The molecule has 1 aromatic carbocycles. The summed E-state index contributed by atoms with van der Waals surface area (Å²) in [7, 11) is 0. The van der Waals surface area contributed by atoms with E-state index in [0.29, 0.717) is 18.9 Å². The second-order valence-electron chi connectivity index (χ2n) is 3.32. The number of rotatable bonds is 7. The fourth-order valence-electron chi connectivity index (χ4n) is 1.29. The lowest BCUT2D eigenvalue weighted by Crippen LogP contribution is -2.16. The Kier molecular flexibility index (Phi) is 5.96. The van der Waals surface area contributed by atoms with E-state index in [1.54, 1.807) is 0 Å². The molecule has 0 saturated heterocycles. The molecule has 0 atom stereocenters.